The van der Waals surface area contributed by atoms with Crippen LogP contribution in [0.25, 0.3) is 16.2 Å². The number of fused-ring (bicyclic) bond motifs is 2. The minimum atomic E-state index is -0.945. The van der Waals surface area contributed by atoms with Gasteiger partial charge in [-0.3, -0.25) is 9.20 Å². The number of amides is 1. The third kappa shape index (κ3) is 2.22. The molecule has 4 rings (SSSR count). The van der Waals surface area contributed by atoms with E-state index in [0.29, 0.717) is 27.0 Å². The van der Waals surface area contributed by atoms with Crippen LogP contribution in [0.4, 0.5) is 5.69 Å². The molecule has 1 aliphatic rings. The van der Waals surface area contributed by atoms with Crippen molar-refractivity contribution in [1.29, 1.82) is 0 Å². The maximum absolute atomic E-state index is 12.2. The molecule has 3 aromatic rings. The number of carboxylic acid groups (broad SMARTS) is 1. The van der Waals surface area contributed by atoms with E-state index in [1.165, 1.54) is 0 Å². The second kappa shape index (κ2) is 5.57. The van der Waals surface area contributed by atoms with Gasteiger partial charge in [0.25, 0.3) is 5.91 Å². The lowest BCUT2D eigenvalue weighted by atomic mass is 10.1. The standard InChI is InChI=1S/C18H17N3O4S/c1-8-14(19-18-21(8)9(2)15(26-18)17(23)24)11-5-6-13-12(7-11)20(4)16(22)10(3)25-13/h5-7,10H,1-4H3,(H,23,24). The third-order valence-corrected chi connectivity index (χ3v) is 5.83. The molecule has 1 amide bonds. The summed E-state index contributed by atoms with van der Waals surface area (Å²) in [6, 6.07) is 5.63. The molecule has 1 aromatic carbocycles. The molecule has 1 unspecified atom stereocenters. The minimum absolute atomic E-state index is 0.0980. The molecule has 7 nitrogen and oxygen atoms in total. The number of carboxylic acids is 1. The molecular formula is C18H17N3O4S. The second-order valence-electron chi connectivity index (χ2n) is 6.33. The number of hydrogen-bond donors (Lipinski definition) is 1. The Kier molecular flexibility index (Phi) is 3.55. The molecule has 134 valence electrons. The van der Waals surface area contributed by atoms with Crippen molar-refractivity contribution in [3.05, 3.63) is 34.5 Å². The number of aryl methyl sites for hydroxylation is 2. The molecule has 2 aromatic heterocycles. The number of likely N-dealkylation sites (N-methyl/N-ethyl adjacent to an activating group) is 1. The molecule has 26 heavy (non-hydrogen) atoms. The van der Waals surface area contributed by atoms with E-state index in [1.807, 2.05) is 29.5 Å². The quantitative estimate of drug-likeness (QED) is 0.748. The number of thiazole rings is 1. The predicted molar refractivity (Wildman–Crippen MR) is 98.4 cm³/mol. The molecule has 0 spiro atoms. The van der Waals surface area contributed by atoms with Crippen LogP contribution in [0.2, 0.25) is 0 Å². The van der Waals surface area contributed by atoms with Gasteiger partial charge in [0.2, 0.25) is 0 Å². The van der Waals surface area contributed by atoms with Gasteiger partial charge in [0.15, 0.2) is 11.1 Å². The number of hydrogen-bond acceptors (Lipinski definition) is 5. The summed E-state index contributed by atoms with van der Waals surface area (Å²) < 4.78 is 7.52. The highest BCUT2D eigenvalue weighted by molar-refractivity contribution is 7.19. The summed E-state index contributed by atoms with van der Waals surface area (Å²) in [5.41, 5.74) is 3.84. The molecule has 0 saturated carbocycles. The molecule has 1 N–H and O–H groups in total. The fourth-order valence-electron chi connectivity index (χ4n) is 3.34. The first-order valence-corrected chi connectivity index (χ1v) is 8.91. The molecule has 1 aliphatic heterocycles. The van der Waals surface area contributed by atoms with E-state index in [4.69, 9.17) is 4.74 Å². The van der Waals surface area contributed by atoms with Crippen LogP contribution in [0.1, 0.15) is 28.0 Å². The van der Waals surface area contributed by atoms with Gasteiger partial charge in [0, 0.05) is 24.0 Å². The molecule has 0 bridgehead atoms. The highest BCUT2D eigenvalue weighted by Gasteiger charge is 2.29. The Morgan fingerprint density at radius 3 is 2.69 bits per heavy atom. The van der Waals surface area contributed by atoms with E-state index in [9.17, 15) is 14.7 Å². The number of carbonyl (C=O) groups excluding carboxylic acids is 1. The summed E-state index contributed by atoms with van der Waals surface area (Å²) in [4.78, 5) is 30.7. The van der Waals surface area contributed by atoms with Crippen LogP contribution in [0.15, 0.2) is 18.2 Å². The van der Waals surface area contributed by atoms with E-state index in [2.05, 4.69) is 4.98 Å². The molecule has 0 aliphatic carbocycles. The Morgan fingerprint density at radius 1 is 1.31 bits per heavy atom. The van der Waals surface area contributed by atoms with Gasteiger partial charge in [-0.1, -0.05) is 11.3 Å². The van der Waals surface area contributed by atoms with Crippen molar-refractivity contribution in [2.45, 2.75) is 26.9 Å². The van der Waals surface area contributed by atoms with Gasteiger partial charge in [-0.05, 0) is 39.0 Å². The molecule has 8 heteroatoms. The van der Waals surface area contributed by atoms with E-state index in [1.54, 1.807) is 25.8 Å². The van der Waals surface area contributed by atoms with Gasteiger partial charge in [-0.15, -0.1) is 0 Å². The number of aromatic carboxylic acids is 1. The summed E-state index contributed by atoms with van der Waals surface area (Å²) in [6.45, 7) is 5.42. The SMILES string of the molecule is Cc1c(-c2ccc3c(c2)N(C)C(=O)C(C)O3)nc2sc(C(=O)O)c(C)n12. The zero-order valence-corrected chi connectivity index (χ0v) is 15.5. The lowest BCUT2D eigenvalue weighted by Crippen LogP contribution is -2.41. The van der Waals surface area contributed by atoms with Crippen molar-refractivity contribution < 1.29 is 19.4 Å². The maximum atomic E-state index is 12.2. The Labute approximate surface area is 153 Å². The van der Waals surface area contributed by atoms with E-state index < -0.39 is 12.1 Å². The number of carbonyl (C=O) groups is 2. The average molecular weight is 371 g/mol. The highest BCUT2D eigenvalue weighted by atomic mass is 32.1. The lowest BCUT2D eigenvalue weighted by molar-refractivity contribution is -0.125. The minimum Gasteiger partial charge on any atom is -0.479 e. The van der Waals surface area contributed by atoms with Crippen molar-refractivity contribution in [2.24, 2.45) is 0 Å². The number of ether oxygens (including phenoxy) is 1. The van der Waals surface area contributed by atoms with Crippen LogP contribution < -0.4 is 9.64 Å². The Bertz CT molecular complexity index is 1080. The molecule has 0 radical (unpaired) electrons. The van der Waals surface area contributed by atoms with Crippen molar-refractivity contribution in [3.8, 4) is 17.0 Å². The zero-order valence-electron chi connectivity index (χ0n) is 14.7. The van der Waals surface area contributed by atoms with Crippen LogP contribution in [0.3, 0.4) is 0 Å². The van der Waals surface area contributed by atoms with Gasteiger partial charge in [-0.25, -0.2) is 9.78 Å². The van der Waals surface area contributed by atoms with Crippen molar-refractivity contribution in [3.63, 3.8) is 0 Å². The van der Waals surface area contributed by atoms with Crippen LogP contribution in [0.5, 0.6) is 5.75 Å². The zero-order chi connectivity index (χ0) is 18.7. The summed E-state index contributed by atoms with van der Waals surface area (Å²) in [5.74, 6) is -0.385. The summed E-state index contributed by atoms with van der Waals surface area (Å²) in [7, 11) is 1.73. The monoisotopic (exact) mass is 371 g/mol. The van der Waals surface area contributed by atoms with Gasteiger partial charge in [0.05, 0.1) is 11.4 Å². The van der Waals surface area contributed by atoms with Crippen molar-refractivity contribution >= 4 is 33.9 Å². The second-order valence-corrected chi connectivity index (χ2v) is 7.30. The summed E-state index contributed by atoms with van der Waals surface area (Å²) >= 11 is 1.15. The Balaban J connectivity index is 1.85. The largest absolute Gasteiger partial charge is 0.479 e. The predicted octanol–water partition coefficient (Wildman–Crippen LogP) is 3.12. The number of nitrogens with zero attached hydrogens (tertiary/aromatic N) is 3. The summed E-state index contributed by atoms with van der Waals surface area (Å²) in [5, 5.41) is 9.29. The van der Waals surface area contributed by atoms with E-state index in [-0.39, 0.29) is 5.91 Å². The molecule has 0 saturated heterocycles. The smallest absolute Gasteiger partial charge is 0.347 e. The van der Waals surface area contributed by atoms with Crippen LogP contribution in [-0.4, -0.2) is 39.5 Å². The Hall–Kier alpha value is -2.87. The highest BCUT2D eigenvalue weighted by Crippen LogP contribution is 2.38. The number of benzene rings is 1. The number of rotatable bonds is 2. The molecule has 1 atom stereocenters. The fraction of sp³-hybridized carbons (Fsp3) is 0.278. The van der Waals surface area contributed by atoms with Gasteiger partial charge in [0.1, 0.15) is 10.6 Å². The first kappa shape index (κ1) is 16.6. The van der Waals surface area contributed by atoms with Crippen molar-refractivity contribution in [2.75, 3.05) is 11.9 Å². The molecule has 3 heterocycles. The molecular weight excluding hydrogens is 354 g/mol. The van der Waals surface area contributed by atoms with Crippen LogP contribution in [0, 0.1) is 13.8 Å². The lowest BCUT2D eigenvalue weighted by Gasteiger charge is -2.30. The summed E-state index contributed by atoms with van der Waals surface area (Å²) in [6.07, 6.45) is -0.505. The third-order valence-electron chi connectivity index (χ3n) is 4.70. The number of aromatic nitrogens is 2. The van der Waals surface area contributed by atoms with Crippen LogP contribution in [-0.2, 0) is 4.79 Å². The maximum Gasteiger partial charge on any atom is 0.347 e. The fourth-order valence-corrected chi connectivity index (χ4v) is 4.35. The van der Waals surface area contributed by atoms with E-state index in [0.717, 1.165) is 28.3 Å². The normalized spacial score (nSPS) is 16.7. The number of imidazole rings is 1. The average Bonchev–Trinajstić information content (AvgIpc) is 3.10. The first-order valence-electron chi connectivity index (χ1n) is 8.10. The van der Waals surface area contributed by atoms with Gasteiger partial charge in [-0.2, -0.15) is 0 Å². The Morgan fingerprint density at radius 2 is 2.04 bits per heavy atom. The van der Waals surface area contributed by atoms with Crippen molar-refractivity contribution in [1.82, 2.24) is 9.38 Å². The number of anilines is 1. The van der Waals surface area contributed by atoms with Gasteiger partial charge < -0.3 is 14.7 Å². The van der Waals surface area contributed by atoms with Crippen LogP contribution >= 0.6 is 11.3 Å². The van der Waals surface area contributed by atoms with E-state index >= 15 is 0 Å². The molecule has 0 fully saturated rings. The topological polar surface area (TPSA) is 84.1 Å². The first-order chi connectivity index (χ1) is 12.3. The van der Waals surface area contributed by atoms with Gasteiger partial charge >= 0.3 is 5.97 Å².